The van der Waals surface area contributed by atoms with E-state index in [2.05, 4.69) is 45.0 Å². The molecule has 0 fully saturated rings. The lowest BCUT2D eigenvalue weighted by Crippen LogP contribution is -2.66. The van der Waals surface area contributed by atoms with Crippen LogP contribution in [0.5, 0.6) is 0 Å². The highest BCUT2D eigenvalue weighted by Gasteiger charge is 2.50. The monoisotopic (exact) mass is 498 g/mol. The molecule has 0 amide bonds. The van der Waals surface area contributed by atoms with Gasteiger partial charge in [0.2, 0.25) is 0 Å². The molecule has 5 nitrogen and oxygen atoms in total. The van der Waals surface area contributed by atoms with E-state index in [1.807, 2.05) is 43.3 Å². The van der Waals surface area contributed by atoms with Crippen molar-refractivity contribution < 1.29 is 22.1 Å². The fraction of sp³-hybridized carbons (Fsp3) is 0.333. The minimum atomic E-state index is -3.93. The summed E-state index contributed by atoms with van der Waals surface area (Å²) in [5, 5.41) is 12.6. The number of hydrogen-bond acceptors (Lipinski definition) is 5. The van der Waals surface area contributed by atoms with Crippen LogP contribution in [0, 0.1) is 6.92 Å². The van der Waals surface area contributed by atoms with Crippen molar-refractivity contribution in [2.45, 2.75) is 50.2 Å². The third-order valence-corrected chi connectivity index (χ3v) is 12.2. The Morgan fingerprint density at radius 3 is 1.82 bits per heavy atom. The first-order chi connectivity index (χ1) is 16.1. The van der Waals surface area contributed by atoms with E-state index in [0.717, 1.165) is 15.9 Å². The van der Waals surface area contributed by atoms with Crippen LogP contribution in [-0.2, 0) is 18.7 Å². The molecule has 1 atom stereocenters. The number of aryl methyl sites for hydroxylation is 1. The Balaban J connectivity index is 1.73. The molecule has 182 valence electrons. The van der Waals surface area contributed by atoms with E-state index in [4.69, 9.17) is 8.61 Å². The second-order valence-corrected chi connectivity index (χ2v) is 15.4. The summed E-state index contributed by atoms with van der Waals surface area (Å²) in [5.41, 5.74) is 0.958. The Morgan fingerprint density at radius 1 is 0.853 bits per heavy atom. The molecular weight excluding hydrogens is 464 g/mol. The first-order valence-corrected chi connectivity index (χ1v) is 14.8. The highest BCUT2D eigenvalue weighted by atomic mass is 32.2. The number of aliphatic hydroxyl groups excluding tert-OH is 1. The Bertz CT molecular complexity index is 1100. The second-order valence-electron chi connectivity index (χ2n) is 9.51. The van der Waals surface area contributed by atoms with Gasteiger partial charge in [-0.2, -0.15) is 8.42 Å². The molecule has 0 aromatic heterocycles. The average molecular weight is 499 g/mol. The molecular formula is C27H34O5SSi. The fourth-order valence-electron chi connectivity index (χ4n) is 4.13. The van der Waals surface area contributed by atoms with E-state index in [-0.39, 0.29) is 29.6 Å². The summed E-state index contributed by atoms with van der Waals surface area (Å²) in [6.07, 6.45) is -0.716. The van der Waals surface area contributed by atoms with Gasteiger partial charge in [-0.1, -0.05) is 99.1 Å². The SMILES string of the molecule is Cc1ccc(S(=O)(=O)OC[C@@H](O)CCO[Si](c2ccccc2)(c2ccccc2)C(C)(C)C)cc1. The van der Waals surface area contributed by atoms with Gasteiger partial charge in [-0.05, 0) is 40.9 Å². The summed E-state index contributed by atoms with van der Waals surface area (Å²) < 4.78 is 36.7. The van der Waals surface area contributed by atoms with Crippen LogP contribution in [0.15, 0.2) is 89.8 Å². The summed E-state index contributed by atoms with van der Waals surface area (Å²) >= 11 is 0. The first-order valence-electron chi connectivity index (χ1n) is 11.5. The first kappa shape index (κ1) is 26.3. The summed E-state index contributed by atoms with van der Waals surface area (Å²) in [6.45, 7) is 8.41. The van der Waals surface area contributed by atoms with E-state index in [1.54, 1.807) is 12.1 Å². The molecule has 0 radical (unpaired) electrons. The zero-order valence-electron chi connectivity index (χ0n) is 20.3. The summed E-state index contributed by atoms with van der Waals surface area (Å²) in [4.78, 5) is 0.0777. The molecule has 0 aliphatic rings. The van der Waals surface area contributed by atoms with Crippen molar-refractivity contribution in [3.63, 3.8) is 0 Å². The molecule has 0 spiro atoms. The van der Waals surface area contributed by atoms with Crippen LogP contribution in [0.3, 0.4) is 0 Å². The van der Waals surface area contributed by atoms with Crippen LogP contribution < -0.4 is 10.4 Å². The number of rotatable bonds is 10. The van der Waals surface area contributed by atoms with Crippen molar-refractivity contribution >= 4 is 28.8 Å². The fourth-order valence-corrected chi connectivity index (χ4v) is 9.66. The Labute approximate surface area is 204 Å². The van der Waals surface area contributed by atoms with Gasteiger partial charge >= 0.3 is 0 Å². The molecule has 0 aliphatic carbocycles. The minimum Gasteiger partial charge on any atom is -0.407 e. The van der Waals surface area contributed by atoms with Crippen molar-refractivity contribution in [1.82, 2.24) is 0 Å². The normalized spacial score (nSPS) is 13.6. The van der Waals surface area contributed by atoms with Crippen molar-refractivity contribution in [3.05, 3.63) is 90.5 Å². The lowest BCUT2D eigenvalue weighted by molar-refractivity contribution is 0.0868. The van der Waals surface area contributed by atoms with E-state index < -0.39 is 24.5 Å². The van der Waals surface area contributed by atoms with Gasteiger partial charge in [-0.3, -0.25) is 4.18 Å². The summed E-state index contributed by atoms with van der Waals surface area (Å²) in [7, 11) is -6.63. The van der Waals surface area contributed by atoms with Gasteiger partial charge in [-0.25, -0.2) is 0 Å². The van der Waals surface area contributed by atoms with Gasteiger partial charge in [0.1, 0.15) is 0 Å². The van der Waals surface area contributed by atoms with Crippen molar-refractivity contribution in [2.75, 3.05) is 13.2 Å². The Morgan fingerprint density at radius 2 is 1.35 bits per heavy atom. The zero-order chi connectivity index (χ0) is 24.8. The van der Waals surface area contributed by atoms with Gasteiger partial charge in [-0.15, -0.1) is 0 Å². The second kappa shape index (κ2) is 11.0. The molecule has 34 heavy (non-hydrogen) atoms. The van der Waals surface area contributed by atoms with Crippen molar-refractivity contribution in [1.29, 1.82) is 0 Å². The lowest BCUT2D eigenvalue weighted by atomic mass is 10.2. The topological polar surface area (TPSA) is 72.8 Å². The highest BCUT2D eigenvalue weighted by molar-refractivity contribution is 7.86. The van der Waals surface area contributed by atoms with E-state index >= 15 is 0 Å². The predicted molar refractivity (Wildman–Crippen MR) is 139 cm³/mol. The van der Waals surface area contributed by atoms with Crippen LogP contribution >= 0.6 is 0 Å². The molecule has 0 saturated carbocycles. The Kier molecular flexibility index (Phi) is 8.49. The van der Waals surface area contributed by atoms with Crippen LogP contribution in [0.25, 0.3) is 0 Å². The van der Waals surface area contributed by atoms with E-state index in [1.165, 1.54) is 12.1 Å². The number of hydrogen-bond donors (Lipinski definition) is 1. The van der Waals surface area contributed by atoms with Gasteiger partial charge in [0.15, 0.2) is 0 Å². The molecule has 0 aliphatic heterocycles. The third kappa shape index (κ3) is 6.03. The molecule has 0 bridgehead atoms. The van der Waals surface area contributed by atoms with Gasteiger partial charge < -0.3 is 9.53 Å². The quantitative estimate of drug-likeness (QED) is 0.338. The van der Waals surface area contributed by atoms with Gasteiger partial charge in [0, 0.05) is 6.61 Å². The maximum atomic E-state index is 12.4. The summed E-state index contributed by atoms with van der Waals surface area (Å²) in [5.74, 6) is 0. The van der Waals surface area contributed by atoms with E-state index in [0.29, 0.717) is 0 Å². The van der Waals surface area contributed by atoms with Crippen LogP contribution in [0.2, 0.25) is 5.04 Å². The lowest BCUT2D eigenvalue weighted by Gasteiger charge is -2.43. The van der Waals surface area contributed by atoms with Crippen LogP contribution in [-0.4, -0.2) is 41.2 Å². The standard InChI is InChI=1S/C27H34O5SSi/c1-22-15-17-24(18-16-22)33(29,30)31-21-23(28)19-20-32-34(27(2,3)4,25-11-7-5-8-12-25)26-13-9-6-10-14-26/h5-18,23,28H,19-21H2,1-4H3/t23-/m0/s1. The number of aliphatic hydroxyl groups is 1. The highest BCUT2D eigenvalue weighted by Crippen LogP contribution is 2.36. The molecule has 0 heterocycles. The summed E-state index contributed by atoms with van der Waals surface area (Å²) in [6, 6.07) is 26.9. The average Bonchev–Trinajstić information content (AvgIpc) is 2.81. The van der Waals surface area contributed by atoms with Gasteiger partial charge in [0.05, 0.1) is 17.6 Å². The van der Waals surface area contributed by atoms with Crippen LogP contribution in [0.1, 0.15) is 32.8 Å². The molecule has 7 heteroatoms. The maximum absolute atomic E-state index is 12.4. The molecule has 1 N–H and O–H groups in total. The Hall–Kier alpha value is -2.29. The van der Waals surface area contributed by atoms with E-state index in [9.17, 15) is 13.5 Å². The molecule has 3 rings (SSSR count). The van der Waals surface area contributed by atoms with Crippen molar-refractivity contribution in [2.24, 2.45) is 0 Å². The largest absolute Gasteiger partial charge is 0.407 e. The predicted octanol–water partition coefficient (Wildman–Crippen LogP) is 4.03. The van der Waals surface area contributed by atoms with Crippen LogP contribution in [0.4, 0.5) is 0 Å². The third-order valence-electron chi connectivity index (χ3n) is 5.91. The molecule has 3 aromatic carbocycles. The zero-order valence-corrected chi connectivity index (χ0v) is 22.1. The molecule has 3 aromatic rings. The number of benzene rings is 3. The minimum absolute atomic E-state index is 0.0777. The van der Waals surface area contributed by atoms with Gasteiger partial charge in [0.25, 0.3) is 18.4 Å². The molecule has 0 saturated heterocycles. The van der Waals surface area contributed by atoms with Crippen molar-refractivity contribution in [3.8, 4) is 0 Å². The maximum Gasteiger partial charge on any atom is 0.297 e. The molecule has 0 unspecified atom stereocenters. The smallest absolute Gasteiger partial charge is 0.297 e.